The second-order valence-electron chi connectivity index (χ2n) is 9.17. The number of hydrogen-bond donors (Lipinski definition) is 1. The molecule has 0 atom stereocenters. The molecule has 4 aromatic rings. The number of benzene rings is 4. The number of thioether (sulfide) groups is 1. The number of nitrogens with one attached hydrogen (secondary N) is 1. The Morgan fingerprint density at radius 2 is 1.68 bits per heavy atom. The van der Waals surface area contributed by atoms with Crippen LogP contribution in [0.1, 0.15) is 22.3 Å². The zero-order chi connectivity index (χ0) is 26.6. The molecule has 0 unspecified atom stereocenters. The molecule has 1 N–H and O–H groups in total. The molecule has 3 amide bonds. The third-order valence-electron chi connectivity index (χ3n) is 6.24. The first-order valence-corrected chi connectivity index (χ1v) is 13.0. The summed E-state index contributed by atoms with van der Waals surface area (Å²) in [5.41, 5.74) is 4.47. The van der Waals surface area contributed by atoms with Gasteiger partial charge < -0.3 is 10.1 Å². The standard InChI is InChI=1S/C31H26N2O4S/c1-20-7-8-21(2)27(15-20)32-29(34)19-37-26-13-10-22(11-14-26)17-28-30(35)33(31(36)38-28)18-23-9-12-24-5-3-4-6-25(24)16-23/h3-17H,18-19H2,1-2H3,(H,32,34)/b28-17-. The van der Waals surface area contributed by atoms with Crippen molar-refractivity contribution in [2.75, 3.05) is 11.9 Å². The SMILES string of the molecule is Cc1ccc(C)c(NC(=O)COc2ccc(/C=C3\SC(=O)N(Cc4ccc5ccccc5c4)C3=O)cc2)c1. The number of imide groups is 1. The van der Waals surface area contributed by atoms with E-state index in [2.05, 4.69) is 5.32 Å². The van der Waals surface area contributed by atoms with Gasteiger partial charge in [0, 0.05) is 5.69 Å². The van der Waals surface area contributed by atoms with E-state index in [1.165, 1.54) is 4.90 Å². The van der Waals surface area contributed by atoms with Crippen LogP contribution in [-0.4, -0.2) is 28.6 Å². The lowest BCUT2D eigenvalue weighted by Crippen LogP contribution is -2.27. The molecule has 0 radical (unpaired) electrons. The molecule has 0 bridgehead atoms. The van der Waals surface area contributed by atoms with Crippen molar-refractivity contribution in [3.05, 3.63) is 112 Å². The van der Waals surface area contributed by atoms with Gasteiger partial charge in [0.2, 0.25) is 0 Å². The predicted octanol–water partition coefficient (Wildman–Crippen LogP) is 6.71. The number of fused-ring (bicyclic) bond motifs is 1. The first-order valence-electron chi connectivity index (χ1n) is 12.2. The molecular weight excluding hydrogens is 496 g/mol. The molecule has 1 aliphatic rings. The molecule has 38 heavy (non-hydrogen) atoms. The van der Waals surface area contributed by atoms with Gasteiger partial charge in [-0.1, -0.05) is 60.7 Å². The maximum Gasteiger partial charge on any atom is 0.293 e. The summed E-state index contributed by atoms with van der Waals surface area (Å²) in [6.45, 7) is 4.01. The summed E-state index contributed by atoms with van der Waals surface area (Å²) >= 11 is 0.935. The maximum absolute atomic E-state index is 13.0. The smallest absolute Gasteiger partial charge is 0.293 e. The highest BCUT2D eigenvalue weighted by atomic mass is 32.2. The largest absolute Gasteiger partial charge is 0.484 e. The Morgan fingerprint density at radius 1 is 0.921 bits per heavy atom. The molecule has 1 saturated heterocycles. The molecule has 190 valence electrons. The van der Waals surface area contributed by atoms with Crippen LogP contribution < -0.4 is 10.1 Å². The fraction of sp³-hybridized carbons (Fsp3) is 0.129. The predicted molar refractivity (Wildman–Crippen MR) is 152 cm³/mol. The highest BCUT2D eigenvalue weighted by Gasteiger charge is 2.35. The molecule has 1 aliphatic heterocycles. The van der Waals surface area contributed by atoms with Crippen LogP contribution in [-0.2, 0) is 16.1 Å². The first-order chi connectivity index (χ1) is 18.4. The second kappa shape index (κ2) is 10.9. The Bertz CT molecular complexity index is 1580. The molecule has 7 heteroatoms. The lowest BCUT2D eigenvalue weighted by Gasteiger charge is -2.13. The van der Waals surface area contributed by atoms with Gasteiger partial charge >= 0.3 is 0 Å². The van der Waals surface area contributed by atoms with E-state index in [1.807, 2.05) is 74.5 Å². The molecule has 6 nitrogen and oxygen atoms in total. The minimum atomic E-state index is -0.309. The fourth-order valence-corrected chi connectivity index (χ4v) is 5.01. The molecule has 1 heterocycles. The highest BCUT2D eigenvalue weighted by Crippen LogP contribution is 2.34. The summed E-state index contributed by atoms with van der Waals surface area (Å²) in [6, 6.07) is 26.8. The van der Waals surface area contributed by atoms with Crippen molar-refractivity contribution in [3.63, 3.8) is 0 Å². The third-order valence-corrected chi connectivity index (χ3v) is 7.15. The Morgan fingerprint density at radius 3 is 2.47 bits per heavy atom. The van der Waals surface area contributed by atoms with Crippen LogP contribution in [0.15, 0.2) is 89.8 Å². The second-order valence-corrected chi connectivity index (χ2v) is 10.2. The van der Waals surface area contributed by atoms with Crippen molar-refractivity contribution >= 4 is 51.4 Å². The van der Waals surface area contributed by atoms with Crippen molar-refractivity contribution in [3.8, 4) is 5.75 Å². The van der Waals surface area contributed by atoms with E-state index in [1.54, 1.807) is 30.3 Å². The molecule has 1 fully saturated rings. The lowest BCUT2D eigenvalue weighted by molar-refractivity contribution is -0.123. The van der Waals surface area contributed by atoms with Crippen molar-refractivity contribution in [1.29, 1.82) is 0 Å². The normalized spacial score (nSPS) is 14.4. The van der Waals surface area contributed by atoms with Crippen molar-refractivity contribution < 1.29 is 19.1 Å². The summed E-state index contributed by atoms with van der Waals surface area (Å²) in [5, 5.41) is 4.76. The maximum atomic E-state index is 13.0. The number of hydrogen-bond acceptors (Lipinski definition) is 5. The van der Waals surface area contributed by atoms with Gasteiger partial charge in [0.15, 0.2) is 6.61 Å². The molecule has 0 aromatic heterocycles. The van der Waals surface area contributed by atoms with Crippen LogP contribution in [0.5, 0.6) is 5.75 Å². The Hall–Kier alpha value is -4.36. The van der Waals surface area contributed by atoms with Crippen LogP contribution >= 0.6 is 11.8 Å². The van der Waals surface area contributed by atoms with E-state index >= 15 is 0 Å². The van der Waals surface area contributed by atoms with Crippen molar-refractivity contribution in [2.45, 2.75) is 20.4 Å². The molecule has 4 aromatic carbocycles. The lowest BCUT2D eigenvalue weighted by atomic mass is 10.1. The highest BCUT2D eigenvalue weighted by molar-refractivity contribution is 8.18. The van der Waals surface area contributed by atoms with Crippen molar-refractivity contribution in [1.82, 2.24) is 4.90 Å². The van der Waals surface area contributed by atoms with Gasteiger partial charge in [-0.15, -0.1) is 0 Å². The van der Waals surface area contributed by atoms with E-state index < -0.39 is 0 Å². The van der Waals surface area contributed by atoms with Crippen LogP contribution in [0.2, 0.25) is 0 Å². The van der Waals surface area contributed by atoms with Crippen LogP contribution in [0.3, 0.4) is 0 Å². The van der Waals surface area contributed by atoms with Gasteiger partial charge in [-0.25, -0.2) is 0 Å². The zero-order valence-electron chi connectivity index (χ0n) is 21.1. The number of carbonyl (C=O) groups is 3. The summed E-state index contributed by atoms with van der Waals surface area (Å²) in [4.78, 5) is 39.5. The number of amides is 3. The van der Waals surface area contributed by atoms with E-state index in [9.17, 15) is 14.4 Å². The molecule has 0 spiro atoms. The van der Waals surface area contributed by atoms with Crippen LogP contribution in [0, 0.1) is 13.8 Å². The monoisotopic (exact) mass is 522 g/mol. The Kier molecular flexibility index (Phi) is 7.29. The van der Waals surface area contributed by atoms with Gasteiger partial charge in [-0.05, 0) is 89.0 Å². The van der Waals surface area contributed by atoms with Gasteiger partial charge in [0.25, 0.3) is 17.1 Å². The summed E-state index contributed by atoms with van der Waals surface area (Å²) in [6.07, 6.45) is 1.70. The third kappa shape index (κ3) is 5.79. The molecular formula is C31H26N2O4S. The number of ether oxygens (including phenoxy) is 1. The summed E-state index contributed by atoms with van der Waals surface area (Å²) in [7, 11) is 0. The van der Waals surface area contributed by atoms with Crippen molar-refractivity contribution in [2.24, 2.45) is 0 Å². The molecule has 5 rings (SSSR count). The van der Waals surface area contributed by atoms with E-state index in [0.29, 0.717) is 10.7 Å². The Labute approximate surface area is 225 Å². The number of aryl methyl sites for hydroxylation is 2. The fourth-order valence-electron chi connectivity index (χ4n) is 4.17. The van der Waals surface area contributed by atoms with Crippen LogP contribution in [0.4, 0.5) is 10.5 Å². The van der Waals surface area contributed by atoms with E-state index in [0.717, 1.165) is 50.5 Å². The minimum absolute atomic E-state index is 0.125. The Balaban J connectivity index is 1.19. The summed E-state index contributed by atoms with van der Waals surface area (Å²) < 4.78 is 5.62. The molecule has 0 saturated carbocycles. The number of carbonyl (C=O) groups excluding carboxylic acids is 3. The van der Waals surface area contributed by atoms with Gasteiger partial charge in [0.05, 0.1) is 11.4 Å². The summed E-state index contributed by atoms with van der Waals surface area (Å²) in [5.74, 6) is -0.0258. The average molecular weight is 523 g/mol. The number of nitrogens with zero attached hydrogens (tertiary/aromatic N) is 1. The van der Waals surface area contributed by atoms with Gasteiger partial charge in [0.1, 0.15) is 5.75 Å². The minimum Gasteiger partial charge on any atom is -0.484 e. The number of anilines is 1. The topological polar surface area (TPSA) is 75.7 Å². The number of rotatable bonds is 7. The van der Waals surface area contributed by atoms with Crippen LogP contribution in [0.25, 0.3) is 16.8 Å². The average Bonchev–Trinajstić information content (AvgIpc) is 3.17. The van der Waals surface area contributed by atoms with Gasteiger partial charge in [-0.2, -0.15) is 0 Å². The molecule has 0 aliphatic carbocycles. The first kappa shape index (κ1) is 25.3. The zero-order valence-corrected chi connectivity index (χ0v) is 21.9. The van der Waals surface area contributed by atoms with E-state index in [4.69, 9.17) is 4.74 Å². The van der Waals surface area contributed by atoms with E-state index in [-0.39, 0.29) is 30.2 Å². The quantitative estimate of drug-likeness (QED) is 0.273. The van der Waals surface area contributed by atoms with Gasteiger partial charge in [-0.3, -0.25) is 19.3 Å².